The van der Waals surface area contributed by atoms with E-state index in [1.165, 1.54) is 25.7 Å². The molecule has 0 bridgehead atoms. The van der Waals surface area contributed by atoms with E-state index in [0.717, 1.165) is 25.3 Å². The fourth-order valence-corrected chi connectivity index (χ4v) is 1.90. The van der Waals surface area contributed by atoms with Crippen LogP contribution in [0, 0.1) is 0 Å². The topological polar surface area (TPSA) is 40.2 Å². The third-order valence-corrected chi connectivity index (χ3v) is 2.80. The number of nitrogens with one attached hydrogen (secondary N) is 2. The normalized spacial score (nSPS) is 19.8. The van der Waals surface area contributed by atoms with Crippen molar-refractivity contribution in [2.75, 3.05) is 13.1 Å². The largest absolute Gasteiger partial charge is 0.260 e. The van der Waals surface area contributed by atoms with Crippen LogP contribution < -0.4 is 11.0 Å². The molecule has 0 amide bonds. The molecular formula is C12H20N4. The lowest BCUT2D eigenvalue weighted by molar-refractivity contribution is 0.143. The van der Waals surface area contributed by atoms with Gasteiger partial charge in [-0.25, -0.2) is 10.4 Å². The smallest absolute Gasteiger partial charge is 0.0568 e. The molecule has 2 heterocycles. The van der Waals surface area contributed by atoms with Crippen molar-refractivity contribution in [3.63, 3.8) is 0 Å². The molecule has 16 heavy (non-hydrogen) atoms. The van der Waals surface area contributed by atoms with Crippen LogP contribution in [0.3, 0.4) is 0 Å². The molecular weight excluding hydrogens is 200 g/mol. The molecule has 1 fully saturated rings. The van der Waals surface area contributed by atoms with Crippen molar-refractivity contribution in [1.29, 1.82) is 0 Å². The van der Waals surface area contributed by atoms with Crippen molar-refractivity contribution in [1.82, 2.24) is 21.0 Å². The zero-order chi connectivity index (χ0) is 11.1. The van der Waals surface area contributed by atoms with Crippen LogP contribution >= 0.6 is 0 Å². The summed E-state index contributed by atoms with van der Waals surface area (Å²) in [6, 6.07) is 6.05. The van der Waals surface area contributed by atoms with Gasteiger partial charge in [0.05, 0.1) is 12.2 Å². The van der Waals surface area contributed by atoms with Gasteiger partial charge >= 0.3 is 0 Å². The average Bonchev–Trinajstić information content (AvgIpc) is 2.45. The molecule has 0 spiro atoms. The summed E-state index contributed by atoms with van der Waals surface area (Å²) in [5.41, 5.74) is 7.61. The Morgan fingerprint density at radius 3 is 3.00 bits per heavy atom. The molecule has 0 unspecified atom stereocenters. The van der Waals surface area contributed by atoms with E-state index in [2.05, 4.69) is 27.0 Å². The van der Waals surface area contributed by atoms with Crippen LogP contribution in [0.25, 0.3) is 0 Å². The van der Waals surface area contributed by atoms with Gasteiger partial charge in [0.15, 0.2) is 0 Å². The molecule has 88 valence electrons. The van der Waals surface area contributed by atoms with Crippen LogP contribution in [0.2, 0.25) is 0 Å². The summed E-state index contributed by atoms with van der Waals surface area (Å²) in [6.07, 6.45) is 7.00. The Balaban J connectivity index is 1.86. The summed E-state index contributed by atoms with van der Waals surface area (Å²) in [4.78, 5) is 4.34. The Bertz CT molecular complexity index is 278. The first-order valence-corrected chi connectivity index (χ1v) is 6.08. The molecule has 0 saturated carbocycles. The Hall–Kier alpha value is -0.970. The highest BCUT2D eigenvalue weighted by Gasteiger charge is 2.07. The molecule has 0 radical (unpaired) electrons. The molecule has 2 rings (SSSR count). The molecule has 4 heteroatoms. The van der Waals surface area contributed by atoms with Gasteiger partial charge in [-0.2, -0.15) is 5.53 Å². The van der Waals surface area contributed by atoms with Gasteiger partial charge in [-0.3, -0.25) is 4.98 Å². The average molecular weight is 220 g/mol. The van der Waals surface area contributed by atoms with Crippen molar-refractivity contribution in [3.05, 3.63) is 30.1 Å². The Morgan fingerprint density at radius 2 is 2.12 bits per heavy atom. The fourth-order valence-electron chi connectivity index (χ4n) is 1.90. The van der Waals surface area contributed by atoms with E-state index in [1.54, 1.807) is 0 Å². The number of hydrazine groups is 2. The van der Waals surface area contributed by atoms with Gasteiger partial charge in [-0.15, -0.1) is 0 Å². The number of aromatic nitrogens is 1. The third-order valence-electron chi connectivity index (χ3n) is 2.80. The van der Waals surface area contributed by atoms with E-state index in [0.29, 0.717) is 0 Å². The van der Waals surface area contributed by atoms with Gasteiger partial charge in [0.1, 0.15) is 0 Å². The second-order valence-electron chi connectivity index (χ2n) is 4.20. The van der Waals surface area contributed by atoms with Crippen LogP contribution in [0.4, 0.5) is 0 Å². The molecule has 0 atom stereocenters. The predicted octanol–water partition coefficient (Wildman–Crippen LogP) is 1.47. The zero-order valence-electron chi connectivity index (χ0n) is 9.65. The van der Waals surface area contributed by atoms with E-state index in [1.807, 2.05) is 18.3 Å². The number of pyridine rings is 1. The molecule has 1 aliphatic rings. The van der Waals surface area contributed by atoms with Gasteiger partial charge < -0.3 is 0 Å². The van der Waals surface area contributed by atoms with Gasteiger partial charge in [-0.05, 0) is 25.0 Å². The monoisotopic (exact) mass is 220 g/mol. The van der Waals surface area contributed by atoms with Gasteiger partial charge in [0.2, 0.25) is 0 Å². The molecule has 1 aromatic rings. The quantitative estimate of drug-likeness (QED) is 0.792. The Kier molecular flexibility index (Phi) is 4.73. The van der Waals surface area contributed by atoms with Gasteiger partial charge in [0.25, 0.3) is 0 Å². The van der Waals surface area contributed by atoms with E-state index < -0.39 is 0 Å². The molecule has 1 saturated heterocycles. The summed E-state index contributed by atoms with van der Waals surface area (Å²) in [5, 5.41) is 2.20. The number of nitrogens with zero attached hydrogens (tertiary/aromatic N) is 2. The van der Waals surface area contributed by atoms with Crippen molar-refractivity contribution < 1.29 is 0 Å². The Morgan fingerprint density at radius 1 is 1.19 bits per heavy atom. The minimum Gasteiger partial charge on any atom is -0.260 e. The zero-order valence-corrected chi connectivity index (χ0v) is 9.65. The fraction of sp³-hybridized carbons (Fsp3) is 0.583. The van der Waals surface area contributed by atoms with Crippen LogP contribution in [-0.2, 0) is 6.54 Å². The lowest BCUT2D eigenvalue weighted by Crippen LogP contribution is -2.46. The molecule has 4 nitrogen and oxygen atoms in total. The van der Waals surface area contributed by atoms with E-state index in [-0.39, 0.29) is 0 Å². The maximum absolute atomic E-state index is 4.34. The SMILES string of the molecule is c1ccc(CN2CCCCCCNN2)nc1. The number of hydrogen-bond donors (Lipinski definition) is 2. The predicted molar refractivity (Wildman–Crippen MR) is 64.3 cm³/mol. The standard InChI is InChI=1S/C12H20N4/c1-2-6-10-16(15-14-9-4-1)11-12-7-3-5-8-13-12/h3,5,7-8,14-15H,1-2,4,6,9-11H2. The summed E-state index contributed by atoms with van der Waals surface area (Å²) >= 11 is 0. The highest BCUT2D eigenvalue weighted by atomic mass is 15.7. The second-order valence-corrected chi connectivity index (χ2v) is 4.20. The molecule has 0 aromatic carbocycles. The van der Waals surface area contributed by atoms with E-state index >= 15 is 0 Å². The molecule has 1 aromatic heterocycles. The van der Waals surface area contributed by atoms with Crippen LogP contribution in [0.15, 0.2) is 24.4 Å². The van der Waals surface area contributed by atoms with Gasteiger partial charge in [-0.1, -0.05) is 18.9 Å². The maximum atomic E-state index is 4.34. The van der Waals surface area contributed by atoms with Crippen molar-refractivity contribution in [3.8, 4) is 0 Å². The highest BCUT2D eigenvalue weighted by molar-refractivity contribution is 5.02. The van der Waals surface area contributed by atoms with Crippen molar-refractivity contribution >= 4 is 0 Å². The molecule has 2 N–H and O–H groups in total. The minimum atomic E-state index is 0.855. The summed E-state index contributed by atoms with van der Waals surface area (Å²) in [5.74, 6) is 0. The van der Waals surface area contributed by atoms with Crippen LogP contribution in [0.1, 0.15) is 31.4 Å². The Labute approximate surface area is 97.0 Å². The van der Waals surface area contributed by atoms with Crippen LogP contribution in [-0.4, -0.2) is 23.1 Å². The first-order valence-electron chi connectivity index (χ1n) is 6.08. The first-order chi connectivity index (χ1) is 7.95. The number of rotatable bonds is 2. The second kappa shape index (κ2) is 6.58. The minimum absolute atomic E-state index is 0.855. The third kappa shape index (κ3) is 3.89. The molecule has 1 aliphatic heterocycles. The van der Waals surface area contributed by atoms with Gasteiger partial charge in [0, 0.05) is 19.3 Å². The highest BCUT2D eigenvalue weighted by Crippen LogP contribution is 2.04. The van der Waals surface area contributed by atoms with Crippen LogP contribution in [0.5, 0.6) is 0 Å². The van der Waals surface area contributed by atoms with Crippen molar-refractivity contribution in [2.45, 2.75) is 32.2 Å². The summed E-state index contributed by atoms with van der Waals surface area (Å²) in [6.45, 7) is 2.97. The van der Waals surface area contributed by atoms with E-state index in [9.17, 15) is 0 Å². The van der Waals surface area contributed by atoms with E-state index in [4.69, 9.17) is 0 Å². The van der Waals surface area contributed by atoms with Crippen molar-refractivity contribution in [2.24, 2.45) is 0 Å². The lowest BCUT2D eigenvalue weighted by Gasteiger charge is -2.22. The number of hydrogen-bond acceptors (Lipinski definition) is 4. The summed E-state index contributed by atoms with van der Waals surface area (Å²) < 4.78 is 0. The first kappa shape index (κ1) is 11.5. The maximum Gasteiger partial charge on any atom is 0.0568 e. The summed E-state index contributed by atoms with van der Waals surface area (Å²) in [7, 11) is 0. The molecule has 0 aliphatic carbocycles. The lowest BCUT2D eigenvalue weighted by atomic mass is 10.2.